The molecule has 10 heteroatoms. The molecule has 1 aliphatic heterocycles. The van der Waals surface area contributed by atoms with Crippen LogP contribution in [0.4, 0.5) is 18.9 Å². The summed E-state index contributed by atoms with van der Waals surface area (Å²) < 4.78 is 48.3. The quantitative estimate of drug-likeness (QED) is 0.561. The van der Waals surface area contributed by atoms with Gasteiger partial charge in [0.15, 0.2) is 11.8 Å². The van der Waals surface area contributed by atoms with E-state index >= 15 is 0 Å². The Hall–Kier alpha value is -3.14. The van der Waals surface area contributed by atoms with Crippen molar-refractivity contribution in [2.75, 3.05) is 18.4 Å². The Kier molecular flexibility index (Phi) is 5.81. The lowest BCUT2D eigenvalue weighted by molar-refractivity contribution is -0.137. The second-order valence-corrected chi connectivity index (χ2v) is 7.84. The van der Waals surface area contributed by atoms with Crippen LogP contribution in [-0.4, -0.2) is 28.4 Å². The van der Waals surface area contributed by atoms with Crippen LogP contribution in [0.5, 0.6) is 10.9 Å². The molecule has 0 amide bonds. The number of aromatic nitrogens is 2. The summed E-state index contributed by atoms with van der Waals surface area (Å²) in [7, 11) is 0. The third kappa shape index (κ3) is 4.96. The number of anilines is 1. The van der Waals surface area contributed by atoms with Crippen LogP contribution in [0.2, 0.25) is 0 Å². The fourth-order valence-electron chi connectivity index (χ4n) is 3.05. The summed E-state index contributed by atoms with van der Waals surface area (Å²) in [5.74, 6) is 1.72. The van der Waals surface area contributed by atoms with E-state index in [0.29, 0.717) is 22.3 Å². The van der Waals surface area contributed by atoms with Gasteiger partial charge >= 0.3 is 6.18 Å². The van der Waals surface area contributed by atoms with Crippen LogP contribution in [0.15, 0.2) is 41.4 Å². The third-order valence-electron chi connectivity index (χ3n) is 4.75. The van der Waals surface area contributed by atoms with Gasteiger partial charge in [0.25, 0.3) is 5.19 Å². The summed E-state index contributed by atoms with van der Waals surface area (Å²) in [6.45, 7) is 5.58. The highest BCUT2D eigenvalue weighted by Crippen LogP contribution is 2.34. The number of hydrogen-bond acceptors (Lipinski definition) is 7. The standard InChI is InChI=1S/C21H20F3N5OS/c1-12-11-17(13(2)10-16(12)27-19-25-8-3-9-26-19)30-20-28-18(29-31-20)14-4-6-15(7-5-14)21(22,23)24/h4-7,10-11H,3,8-9H2,1-2H3,(H2,25,26,27). The summed E-state index contributed by atoms with van der Waals surface area (Å²) in [6.07, 6.45) is -3.36. The van der Waals surface area contributed by atoms with Crippen molar-refractivity contribution >= 4 is 23.2 Å². The highest BCUT2D eigenvalue weighted by Gasteiger charge is 2.30. The van der Waals surface area contributed by atoms with E-state index in [2.05, 4.69) is 25.0 Å². The first kappa shape index (κ1) is 21.1. The maximum Gasteiger partial charge on any atom is 0.416 e. The van der Waals surface area contributed by atoms with E-state index in [1.807, 2.05) is 26.0 Å². The Labute approximate surface area is 181 Å². The van der Waals surface area contributed by atoms with Crippen LogP contribution >= 0.6 is 11.5 Å². The van der Waals surface area contributed by atoms with E-state index in [1.54, 1.807) is 0 Å². The molecule has 2 N–H and O–H groups in total. The zero-order chi connectivity index (χ0) is 22.0. The Morgan fingerprint density at radius 3 is 2.55 bits per heavy atom. The fraction of sp³-hybridized carbons (Fsp3) is 0.286. The average molecular weight is 447 g/mol. The zero-order valence-electron chi connectivity index (χ0n) is 16.9. The molecular weight excluding hydrogens is 427 g/mol. The molecule has 0 atom stereocenters. The molecular formula is C21H20F3N5OS. The van der Waals surface area contributed by atoms with Crippen molar-refractivity contribution in [3.05, 3.63) is 53.1 Å². The van der Waals surface area contributed by atoms with Crippen molar-refractivity contribution in [2.24, 2.45) is 4.99 Å². The van der Waals surface area contributed by atoms with E-state index < -0.39 is 11.7 Å². The number of nitrogens with one attached hydrogen (secondary N) is 2. The second kappa shape index (κ2) is 8.54. The predicted octanol–water partition coefficient (Wildman–Crippen LogP) is 5.39. The molecule has 162 valence electrons. The van der Waals surface area contributed by atoms with Crippen LogP contribution < -0.4 is 15.4 Å². The number of aliphatic imine (C=N–C) groups is 1. The Balaban J connectivity index is 1.49. The highest BCUT2D eigenvalue weighted by atomic mass is 32.1. The maximum atomic E-state index is 12.7. The lowest BCUT2D eigenvalue weighted by Gasteiger charge is -2.18. The largest absolute Gasteiger partial charge is 0.430 e. The summed E-state index contributed by atoms with van der Waals surface area (Å²) >= 11 is 1.05. The molecule has 3 aromatic rings. The van der Waals surface area contributed by atoms with E-state index in [-0.39, 0.29) is 0 Å². The molecule has 0 spiro atoms. The SMILES string of the molecule is Cc1cc(Oc2nc(-c3ccc(C(F)(F)F)cc3)ns2)c(C)cc1NC1=NCCCN1. The Morgan fingerprint density at radius 1 is 1.10 bits per heavy atom. The Bertz CT molecular complexity index is 1110. The summed E-state index contributed by atoms with van der Waals surface area (Å²) in [5, 5.41) is 6.84. The number of rotatable bonds is 4. The minimum atomic E-state index is -4.38. The van der Waals surface area contributed by atoms with Crippen molar-refractivity contribution in [3.63, 3.8) is 0 Å². The van der Waals surface area contributed by atoms with E-state index in [1.165, 1.54) is 12.1 Å². The molecule has 6 nitrogen and oxygen atoms in total. The molecule has 1 aromatic heterocycles. The molecule has 0 fully saturated rings. The summed E-state index contributed by atoms with van der Waals surface area (Å²) in [5.41, 5.74) is 2.59. The van der Waals surface area contributed by atoms with Crippen LogP contribution in [-0.2, 0) is 6.18 Å². The summed E-state index contributed by atoms with van der Waals surface area (Å²) in [6, 6.07) is 8.61. The number of aryl methyl sites for hydroxylation is 2. The minimum absolute atomic E-state index is 0.316. The van der Waals surface area contributed by atoms with Crippen LogP contribution in [0.3, 0.4) is 0 Å². The van der Waals surface area contributed by atoms with Gasteiger partial charge in [-0.1, -0.05) is 12.1 Å². The van der Waals surface area contributed by atoms with Crippen molar-refractivity contribution < 1.29 is 17.9 Å². The van der Waals surface area contributed by atoms with Crippen molar-refractivity contribution in [1.29, 1.82) is 0 Å². The van der Waals surface area contributed by atoms with Gasteiger partial charge in [0.1, 0.15) is 5.75 Å². The smallest absolute Gasteiger partial charge is 0.416 e. The molecule has 0 bridgehead atoms. The number of nitrogens with zero attached hydrogens (tertiary/aromatic N) is 3. The fourth-order valence-corrected chi connectivity index (χ4v) is 3.61. The van der Waals surface area contributed by atoms with Gasteiger partial charge in [-0.3, -0.25) is 4.99 Å². The van der Waals surface area contributed by atoms with Gasteiger partial charge in [-0.2, -0.15) is 22.5 Å². The van der Waals surface area contributed by atoms with E-state index in [9.17, 15) is 13.2 Å². The molecule has 0 aliphatic carbocycles. The van der Waals surface area contributed by atoms with Crippen LogP contribution in [0.1, 0.15) is 23.1 Å². The molecule has 2 aromatic carbocycles. The average Bonchev–Trinajstić information content (AvgIpc) is 3.20. The lowest BCUT2D eigenvalue weighted by Crippen LogP contribution is -2.35. The number of benzene rings is 2. The van der Waals surface area contributed by atoms with Gasteiger partial charge in [-0.15, -0.1) is 0 Å². The maximum absolute atomic E-state index is 12.7. The normalized spacial score (nSPS) is 14.0. The van der Waals surface area contributed by atoms with Crippen LogP contribution in [0.25, 0.3) is 11.4 Å². The molecule has 31 heavy (non-hydrogen) atoms. The second-order valence-electron chi connectivity index (χ2n) is 7.13. The van der Waals surface area contributed by atoms with Gasteiger partial charge in [-0.25, -0.2) is 0 Å². The van der Waals surface area contributed by atoms with Gasteiger partial charge < -0.3 is 15.4 Å². The number of ether oxygens (including phenoxy) is 1. The van der Waals surface area contributed by atoms with Gasteiger partial charge in [0.2, 0.25) is 0 Å². The van der Waals surface area contributed by atoms with Crippen molar-refractivity contribution in [3.8, 4) is 22.3 Å². The molecule has 0 unspecified atom stereocenters. The highest BCUT2D eigenvalue weighted by molar-refractivity contribution is 7.07. The topological polar surface area (TPSA) is 71.4 Å². The first-order valence-corrected chi connectivity index (χ1v) is 10.4. The first-order chi connectivity index (χ1) is 14.8. The Morgan fingerprint density at radius 2 is 1.87 bits per heavy atom. The number of alkyl halides is 3. The summed E-state index contributed by atoms with van der Waals surface area (Å²) in [4.78, 5) is 8.73. The minimum Gasteiger partial charge on any atom is -0.430 e. The molecule has 0 saturated carbocycles. The van der Waals surface area contributed by atoms with E-state index in [0.717, 1.165) is 65.9 Å². The predicted molar refractivity (Wildman–Crippen MR) is 115 cm³/mol. The zero-order valence-corrected chi connectivity index (χ0v) is 17.7. The molecule has 4 rings (SSSR count). The number of guanidine groups is 1. The monoisotopic (exact) mass is 447 g/mol. The number of halogens is 3. The first-order valence-electron chi connectivity index (χ1n) is 9.65. The van der Waals surface area contributed by atoms with E-state index in [4.69, 9.17) is 4.74 Å². The van der Waals surface area contributed by atoms with Gasteiger partial charge in [0.05, 0.1) is 5.56 Å². The third-order valence-corrected chi connectivity index (χ3v) is 5.34. The lowest BCUT2D eigenvalue weighted by atomic mass is 10.1. The molecule has 2 heterocycles. The molecule has 0 saturated heterocycles. The van der Waals surface area contributed by atoms with Gasteiger partial charge in [0, 0.05) is 35.9 Å². The number of hydrogen-bond donors (Lipinski definition) is 2. The molecule has 1 aliphatic rings. The van der Waals surface area contributed by atoms with Gasteiger partial charge in [-0.05, 0) is 55.7 Å². The molecule has 0 radical (unpaired) electrons. The van der Waals surface area contributed by atoms with Crippen molar-refractivity contribution in [1.82, 2.24) is 14.7 Å². The van der Waals surface area contributed by atoms with Crippen LogP contribution in [0, 0.1) is 13.8 Å². The van der Waals surface area contributed by atoms with Crippen molar-refractivity contribution in [2.45, 2.75) is 26.4 Å².